The maximum absolute atomic E-state index is 4.72. The van der Waals surface area contributed by atoms with Gasteiger partial charge < -0.3 is 14.8 Å². The minimum atomic E-state index is 0.728. The monoisotopic (exact) mass is 304 g/mol. The highest BCUT2D eigenvalue weighted by molar-refractivity contribution is 5.84. The second kappa shape index (κ2) is 4.83. The van der Waals surface area contributed by atoms with Crippen LogP contribution in [0.25, 0.3) is 22.0 Å². The number of anilines is 1. The molecule has 4 heteroatoms. The van der Waals surface area contributed by atoms with Gasteiger partial charge in [0, 0.05) is 55.1 Å². The zero-order valence-electron chi connectivity index (χ0n) is 13.2. The second-order valence-corrected chi connectivity index (χ2v) is 6.86. The Morgan fingerprint density at radius 1 is 1.04 bits per heavy atom. The molecule has 5 rings (SSSR count). The van der Waals surface area contributed by atoms with Crippen molar-refractivity contribution in [2.75, 3.05) is 31.6 Å². The van der Waals surface area contributed by atoms with Gasteiger partial charge >= 0.3 is 0 Å². The van der Waals surface area contributed by atoms with Gasteiger partial charge in [-0.25, -0.2) is 4.98 Å². The average Bonchev–Trinajstić information content (AvgIpc) is 3.18. The molecule has 1 N–H and O–H groups in total. The van der Waals surface area contributed by atoms with E-state index in [1.165, 1.54) is 28.6 Å². The Kier molecular flexibility index (Phi) is 2.76. The number of likely N-dealkylation sites (tertiary alicyclic amines) is 1. The predicted molar refractivity (Wildman–Crippen MR) is 93.7 cm³/mol. The number of hydrogen-bond acceptors (Lipinski definition) is 3. The lowest BCUT2D eigenvalue weighted by atomic mass is 9.93. The molecule has 0 unspecified atom stereocenters. The van der Waals surface area contributed by atoms with Gasteiger partial charge in [0.25, 0.3) is 0 Å². The lowest BCUT2D eigenvalue weighted by Gasteiger charge is -2.40. The summed E-state index contributed by atoms with van der Waals surface area (Å²) in [5.41, 5.74) is 3.55. The van der Waals surface area contributed by atoms with Crippen LogP contribution in [-0.4, -0.2) is 47.6 Å². The molecular formula is C19H20N4. The fraction of sp³-hybridized carbons (Fsp3) is 0.316. The molecule has 2 aliphatic rings. The normalized spacial score (nSPS) is 24.0. The Hall–Kier alpha value is -2.33. The first kappa shape index (κ1) is 13.1. The highest BCUT2D eigenvalue weighted by Crippen LogP contribution is 2.33. The van der Waals surface area contributed by atoms with Crippen molar-refractivity contribution in [3.05, 3.63) is 48.8 Å². The molecule has 2 saturated heterocycles. The molecule has 2 aromatic heterocycles. The van der Waals surface area contributed by atoms with Crippen LogP contribution in [0.2, 0.25) is 0 Å². The SMILES string of the molecule is CN1C[C@H]2CN(c3ccc(-c4ccc5cc[nH]c5c4)cn3)C[C@H]21. The number of hydrogen-bond donors (Lipinski definition) is 1. The van der Waals surface area contributed by atoms with E-state index in [2.05, 4.69) is 58.2 Å². The molecular weight excluding hydrogens is 284 g/mol. The number of aromatic amines is 1. The first-order chi connectivity index (χ1) is 11.3. The summed E-state index contributed by atoms with van der Waals surface area (Å²) in [6, 6.07) is 13.7. The van der Waals surface area contributed by atoms with Crippen molar-refractivity contribution in [3.63, 3.8) is 0 Å². The maximum Gasteiger partial charge on any atom is 0.128 e. The number of rotatable bonds is 2. The first-order valence-corrected chi connectivity index (χ1v) is 8.27. The van der Waals surface area contributed by atoms with Gasteiger partial charge in [0.1, 0.15) is 5.82 Å². The Morgan fingerprint density at radius 2 is 1.96 bits per heavy atom. The molecule has 4 nitrogen and oxygen atoms in total. The lowest BCUT2D eigenvalue weighted by Crippen LogP contribution is -2.52. The fourth-order valence-corrected chi connectivity index (χ4v) is 4.06. The summed E-state index contributed by atoms with van der Waals surface area (Å²) < 4.78 is 0. The molecule has 0 saturated carbocycles. The molecule has 0 spiro atoms. The van der Waals surface area contributed by atoms with Gasteiger partial charge in [0.15, 0.2) is 0 Å². The van der Waals surface area contributed by atoms with E-state index in [-0.39, 0.29) is 0 Å². The van der Waals surface area contributed by atoms with Crippen molar-refractivity contribution < 1.29 is 0 Å². The van der Waals surface area contributed by atoms with Crippen LogP contribution in [0.5, 0.6) is 0 Å². The van der Waals surface area contributed by atoms with Crippen LogP contribution in [-0.2, 0) is 0 Å². The lowest BCUT2D eigenvalue weighted by molar-refractivity contribution is 0.0827. The van der Waals surface area contributed by atoms with Gasteiger partial charge in [0.2, 0.25) is 0 Å². The number of nitrogens with zero attached hydrogens (tertiary/aromatic N) is 3. The van der Waals surface area contributed by atoms with E-state index in [1.54, 1.807) is 0 Å². The van der Waals surface area contributed by atoms with Gasteiger partial charge in [-0.2, -0.15) is 0 Å². The van der Waals surface area contributed by atoms with Gasteiger partial charge in [-0.05, 0) is 42.3 Å². The van der Waals surface area contributed by atoms with E-state index in [4.69, 9.17) is 4.98 Å². The van der Waals surface area contributed by atoms with Crippen molar-refractivity contribution >= 4 is 16.7 Å². The fourth-order valence-electron chi connectivity index (χ4n) is 4.06. The molecule has 1 aromatic carbocycles. The standard InChI is InChI=1S/C19H20N4/c1-22-10-16-11-23(12-18(16)22)19-5-4-15(9-21-19)14-3-2-13-6-7-20-17(13)8-14/h2-9,16,18,20H,10-12H2,1H3/t16-,18+/m0/s1. The largest absolute Gasteiger partial charge is 0.361 e. The smallest absolute Gasteiger partial charge is 0.128 e. The molecule has 0 bridgehead atoms. The molecule has 0 aliphatic carbocycles. The van der Waals surface area contributed by atoms with Crippen molar-refractivity contribution in [2.45, 2.75) is 6.04 Å². The Morgan fingerprint density at radius 3 is 2.74 bits per heavy atom. The van der Waals surface area contributed by atoms with Gasteiger partial charge in [0.05, 0.1) is 0 Å². The number of fused-ring (bicyclic) bond motifs is 2. The van der Waals surface area contributed by atoms with Crippen LogP contribution in [0.15, 0.2) is 48.8 Å². The minimum Gasteiger partial charge on any atom is -0.361 e. The van der Waals surface area contributed by atoms with Crippen LogP contribution in [0.4, 0.5) is 5.82 Å². The number of likely N-dealkylation sites (N-methyl/N-ethyl adjacent to an activating group) is 1. The van der Waals surface area contributed by atoms with Gasteiger partial charge in [-0.3, -0.25) is 0 Å². The molecule has 2 fully saturated rings. The van der Waals surface area contributed by atoms with Crippen LogP contribution >= 0.6 is 0 Å². The molecule has 0 radical (unpaired) electrons. The van der Waals surface area contributed by atoms with E-state index in [0.29, 0.717) is 0 Å². The minimum absolute atomic E-state index is 0.728. The summed E-state index contributed by atoms with van der Waals surface area (Å²) in [6.45, 7) is 3.49. The third-order valence-corrected chi connectivity index (χ3v) is 5.46. The van der Waals surface area contributed by atoms with Crippen molar-refractivity contribution in [3.8, 4) is 11.1 Å². The summed E-state index contributed by atoms with van der Waals surface area (Å²) in [5, 5.41) is 1.25. The third kappa shape index (κ3) is 2.05. The number of benzene rings is 1. The van der Waals surface area contributed by atoms with Crippen LogP contribution in [0.3, 0.4) is 0 Å². The molecule has 116 valence electrons. The zero-order valence-corrected chi connectivity index (χ0v) is 13.2. The Labute approximate surface area is 135 Å². The van der Waals surface area contributed by atoms with E-state index in [0.717, 1.165) is 30.9 Å². The molecule has 2 atom stereocenters. The molecule has 4 heterocycles. The van der Waals surface area contributed by atoms with E-state index < -0.39 is 0 Å². The predicted octanol–water partition coefficient (Wildman–Crippen LogP) is 2.98. The van der Waals surface area contributed by atoms with Crippen molar-refractivity contribution in [1.82, 2.24) is 14.9 Å². The number of pyridine rings is 1. The van der Waals surface area contributed by atoms with Crippen LogP contribution in [0, 0.1) is 5.92 Å². The van der Waals surface area contributed by atoms with Crippen molar-refractivity contribution in [1.29, 1.82) is 0 Å². The summed E-state index contributed by atoms with van der Waals surface area (Å²) in [5.74, 6) is 1.94. The third-order valence-electron chi connectivity index (χ3n) is 5.46. The molecule has 0 amide bonds. The molecule has 23 heavy (non-hydrogen) atoms. The van der Waals surface area contributed by atoms with Crippen LogP contribution < -0.4 is 4.90 Å². The average molecular weight is 304 g/mol. The molecule has 3 aromatic rings. The summed E-state index contributed by atoms with van der Waals surface area (Å²) in [4.78, 5) is 12.9. The zero-order chi connectivity index (χ0) is 15.4. The Balaban J connectivity index is 1.41. The summed E-state index contributed by atoms with van der Waals surface area (Å²) >= 11 is 0. The number of H-pyrrole nitrogens is 1. The highest BCUT2D eigenvalue weighted by atomic mass is 15.3. The first-order valence-electron chi connectivity index (χ1n) is 8.27. The maximum atomic E-state index is 4.72. The Bertz CT molecular complexity index is 851. The van der Waals surface area contributed by atoms with E-state index in [9.17, 15) is 0 Å². The highest BCUT2D eigenvalue weighted by Gasteiger charge is 2.43. The van der Waals surface area contributed by atoms with E-state index >= 15 is 0 Å². The topological polar surface area (TPSA) is 35.2 Å². The summed E-state index contributed by atoms with van der Waals surface area (Å²) in [7, 11) is 2.22. The number of aromatic nitrogens is 2. The molecule has 2 aliphatic heterocycles. The van der Waals surface area contributed by atoms with Gasteiger partial charge in [-0.1, -0.05) is 12.1 Å². The van der Waals surface area contributed by atoms with E-state index in [1.807, 2.05) is 12.4 Å². The second-order valence-electron chi connectivity index (χ2n) is 6.86. The van der Waals surface area contributed by atoms with Crippen molar-refractivity contribution in [2.24, 2.45) is 5.92 Å². The van der Waals surface area contributed by atoms with Crippen LogP contribution in [0.1, 0.15) is 0 Å². The summed E-state index contributed by atoms with van der Waals surface area (Å²) in [6.07, 6.45) is 3.98. The number of nitrogens with one attached hydrogen (secondary N) is 1. The quantitative estimate of drug-likeness (QED) is 0.790. The van der Waals surface area contributed by atoms with Gasteiger partial charge in [-0.15, -0.1) is 0 Å².